The lowest BCUT2D eigenvalue weighted by Gasteiger charge is -1.99. The third-order valence-electron chi connectivity index (χ3n) is 1.39. The van der Waals surface area contributed by atoms with E-state index in [9.17, 15) is 9.18 Å². The molecule has 66 valence electrons. The van der Waals surface area contributed by atoms with Gasteiger partial charge in [0.2, 0.25) is 0 Å². The molecular formula is C8H2ClFINO. The van der Waals surface area contributed by atoms with Crippen molar-refractivity contribution in [3.63, 3.8) is 0 Å². The van der Waals surface area contributed by atoms with Crippen molar-refractivity contribution in [2.75, 3.05) is 0 Å². The van der Waals surface area contributed by atoms with Crippen LogP contribution in [0.25, 0.3) is 0 Å². The molecule has 0 N–H and O–H groups in total. The van der Waals surface area contributed by atoms with Crippen molar-refractivity contribution in [2.45, 2.75) is 0 Å². The molecule has 0 saturated heterocycles. The van der Waals surface area contributed by atoms with Gasteiger partial charge in [-0.25, -0.2) is 4.39 Å². The third kappa shape index (κ3) is 2.17. The topological polar surface area (TPSA) is 40.9 Å². The zero-order valence-electron chi connectivity index (χ0n) is 6.14. The maximum absolute atomic E-state index is 13.0. The Balaban J connectivity index is 3.41. The minimum Gasteiger partial charge on any atom is -0.275 e. The molecular weight excluding hydrogens is 307 g/mol. The van der Waals surface area contributed by atoms with Crippen LogP contribution in [0.2, 0.25) is 0 Å². The number of carbonyl (C=O) groups is 1. The van der Waals surface area contributed by atoms with Crippen LogP contribution < -0.4 is 0 Å². The normalized spacial score (nSPS) is 9.38. The molecule has 0 aliphatic rings. The summed E-state index contributed by atoms with van der Waals surface area (Å²) in [5.41, 5.74) is -0.0235. The Labute approximate surface area is 92.4 Å². The summed E-state index contributed by atoms with van der Waals surface area (Å²) in [5, 5.41) is 7.69. The molecule has 5 heteroatoms. The highest BCUT2D eigenvalue weighted by Crippen LogP contribution is 2.18. The number of rotatable bonds is 1. The van der Waals surface area contributed by atoms with E-state index in [1.165, 1.54) is 0 Å². The molecule has 0 aliphatic carbocycles. The van der Waals surface area contributed by atoms with Gasteiger partial charge in [-0.2, -0.15) is 5.26 Å². The van der Waals surface area contributed by atoms with Gasteiger partial charge in [-0.15, -0.1) is 0 Å². The van der Waals surface area contributed by atoms with E-state index in [0.717, 1.165) is 12.1 Å². The lowest BCUT2D eigenvalue weighted by Crippen LogP contribution is -1.97. The van der Waals surface area contributed by atoms with E-state index < -0.39 is 11.1 Å². The Kier molecular flexibility index (Phi) is 3.22. The first-order valence-corrected chi connectivity index (χ1v) is 4.61. The number of hydrogen-bond donors (Lipinski definition) is 0. The summed E-state index contributed by atoms with van der Waals surface area (Å²) in [4.78, 5) is 10.7. The van der Waals surface area contributed by atoms with Crippen LogP contribution >= 0.6 is 34.2 Å². The van der Waals surface area contributed by atoms with Gasteiger partial charge in [-0.3, -0.25) is 4.79 Å². The molecule has 1 aromatic carbocycles. The molecule has 0 heterocycles. The van der Waals surface area contributed by atoms with Gasteiger partial charge < -0.3 is 0 Å². The molecule has 0 bridgehead atoms. The molecule has 0 unspecified atom stereocenters. The second-order valence-corrected chi connectivity index (χ2v) is 3.70. The molecule has 0 atom stereocenters. The smallest absolute Gasteiger partial charge is 0.255 e. The van der Waals surface area contributed by atoms with E-state index >= 15 is 0 Å². The standard InChI is InChI=1S/C8H2ClFINO/c9-8(13)5-1-4(3-12)7(11)2-6(5)10/h1-2H. The van der Waals surface area contributed by atoms with Crippen LogP contribution in [0.3, 0.4) is 0 Å². The number of benzene rings is 1. The van der Waals surface area contributed by atoms with Gasteiger partial charge in [-0.1, -0.05) is 0 Å². The van der Waals surface area contributed by atoms with E-state index in [4.69, 9.17) is 16.9 Å². The van der Waals surface area contributed by atoms with E-state index in [0.29, 0.717) is 3.57 Å². The number of hydrogen-bond acceptors (Lipinski definition) is 2. The first-order valence-electron chi connectivity index (χ1n) is 3.15. The zero-order valence-corrected chi connectivity index (χ0v) is 9.06. The van der Waals surface area contributed by atoms with E-state index in [-0.39, 0.29) is 11.1 Å². The summed E-state index contributed by atoms with van der Waals surface area (Å²) in [7, 11) is 0. The van der Waals surface area contributed by atoms with Gasteiger partial charge in [0.05, 0.1) is 11.1 Å². The minimum atomic E-state index is -0.898. The Bertz CT molecular complexity index is 413. The molecule has 0 aromatic heterocycles. The van der Waals surface area contributed by atoms with Gasteiger partial charge in [0.15, 0.2) is 0 Å². The Morgan fingerprint density at radius 3 is 2.69 bits per heavy atom. The second-order valence-electron chi connectivity index (χ2n) is 2.20. The van der Waals surface area contributed by atoms with Crippen molar-refractivity contribution in [3.05, 3.63) is 32.6 Å². The molecule has 0 fully saturated rings. The average Bonchev–Trinajstić information content (AvgIpc) is 2.03. The van der Waals surface area contributed by atoms with Crippen molar-refractivity contribution in [1.82, 2.24) is 0 Å². The molecule has 0 radical (unpaired) electrons. The van der Waals surface area contributed by atoms with Crippen molar-refractivity contribution < 1.29 is 9.18 Å². The second kappa shape index (κ2) is 4.03. The summed E-state index contributed by atoms with van der Waals surface area (Å²) < 4.78 is 13.5. The fraction of sp³-hybridized carbons (Fsp3) is 0. The Hall–Kier alpha value is -0.670. The summed E-state index contributed by atoms with van der Waals surface area (Å²) in [6.07, 6.45) is 0. The lowest BCUT2D eigenvalue weighted by molar-refractivity contribution is 0.107. The van der Waals surface area contributed by atoms with Crippen LogP contribution in [0.1, 0.15) is 15.9 Å². The summed E-state index contributed by atoms with van der Waals surface area (Å²) in [6.45, 7) is 0. The molecule has 0 aliphatic heterocycles. The van der Waals surface area contributed by atoms with E-state index in [2.05, 4.69) is 0 Å². The van der Waals surface area contributed by atoms with Crippen LogP contribution in [0.15, 0.2) is 12.1 Å². The highest BCUT2D eigenvalue weighted by molar-refractivity contribution is 14.1. The van der Waals surface area contributed by atoms with Gasteiger partial charge in [0.1, 0.15) is 11.9 Å². The summed E-state index contributed by atoms with van der Waals surface area (Å²) >= 11 is 6.91. The fourth-order valence-electron chi connectivity index (χ4n) is 0.785. The number of nitriles is 1. The SMILES string of the molecule is N#Cc1cc(C(=O)Cl)c(F)cc1I. The monoisotopic (exact) mass is 309 g/mol. The van der Waals surface area contributed by atoms with Crippen molar-refractivity contribution >= 4 is 39.4 Å². The Morgan fingerprint density at radius 1 is 1.62 bits per heavy atom. The summed E-state index contributed by atoms with van der Waals surface area (Å²) in [5.74, 6) is -0.705. The molecule has 2 nitrogen and oxygen atoms in total. The lowest BCUT2D eigenvalue weighted by atomic mass is 10.1. The van der Waals surface area contributed by atoms with Crippen molar-refractivity contribution in [2.24, 2.45) is 0 Å². The van der Waals surface area contributed by atoms with Crippen molar-refractivity contribution in [3.8, 4) is 6.07 Å². The molecule has 1 rings (SSSR count). The molecule has 1 aromatic rings. The minimum absolute atomic E-state index is 0.242. The fourth-order valence-corrected chi connectivity index (χ4v) is 1.48. The van der Waals surface area contributed by atoms with Crippen LogP contribution in [-0.2, 0) is 0 Å². The predicted molar refractivity (Wildman–Crippen MR) is 54.0 cm³/mol. The third-order valence-corrected chi connectivity index (χ3v) is 2.49. The Morgan fingerprint density at radius 2 is 2.23 bits per heavy atom. The van der Waals surface area contributed by atoms with E-state index in [1.807, 2.05) is 28.7 Å². The van der Waals surface area contributed by atoms with Crippen molar-refractivity contribution in [1.29, 1.82) is 5.26 Å². The number of halogens is 3. The maximum Gasteiger partial charge on any atom is 0.255 e. The maximum atomic E-state index is 13.0. The largest absolute Gasteiger partial charge is 0.275 e. The number of carbonyl (C=O) groups excluding carboxylic acids is 1. The molecule has 0 spiro atoms. The van der Waals surface area contributed by atoms with Crippen LogP contribution in [0.5, 0.6) is 0 Å². The average molecular weight is 309 g/mol. The molecule has 13 heavy (non-hydrogen) atoms. The quantitative estimate of drug-likeness (QED) is 0.591. The van der Waals surface area contributed by atoms with Gasteiger partial charge >= 0.3 is 0 Å². The zero-order chi connectivity index (χ0) is 10.0. The molecule has 0 saturated carbocycles. The highest BCUT2D eigenvalue weighted by atomic mass is 127. The van der Waals surface area contributed by atoms with Crippen LogP contribution in [0, 0.1) is 20.7 Å². The summed E-state index contributed by atoms with van der Waals surface area (Å²) in [6, 6.07) is 4.08. The van der Waals surface area contributed by atoms with Crippen LogP contribution in [0.4, 0.5) is 4.39 Å². The highest BCUT2D eigenvalue weighted by Gasteiger charge is 2.12. The van der Waals surface area contributed by atoms with Gasteiger partial charge in [-0.05, 0) is 46.3 Å². The molecule has 0 amide bonds. The first kappa shape index (κ1) is 10.4. The first-order chi connectivity index (χ1) is 6.06. The van der Waals surface area contributed by atoms with Gasteiger partial charge in [0.25, 0.3) is 5.24 Å². The predicted octanol–water partition coefficient (Wildman–Crippen LogP) is 2.68. The van der Waals surface area contributed by atoms with Crippen LogP contribution in [-0.4, -0.2) is 5.24 Å². The van der Waals surface area contributed by atoms with Gasteiger partial charge in [0, 0.05) is 3.57 Å². The van der Waals surface area contributed by atoms with E-state index in [1.54, 1.807) is 0 Å². The number of nitrogens with zero attached hydrogens (tertiary/aromatic N) is 1.